The summed E-state index contributed by atoms with van der Waals surface area (Å²) < 4.78 is 39.9. The number of carbonyl (C=O) groups is 1. The summed E-state index contributed by atoms with van der Waals surface area (Å²) in [6.07, 6.45) is 0. The molecule has 0 amide bonds. The number of aryl methyl sites for hydroxylation is 1. The second-order valence-corrected chi connectivity index (χ2v) is 3.89. The third-order valence-electron chi connectivity index (χ3n) is 2.61. The van der Waals surface area contributed by atoms with Crippen LogP contribution in [0, 0.1) is 24.4 Å². The monoisotopic (exact) mass is 250 g/mol. The smallest absolute Gasteiger partial charge is 0.198 e. The number of carbonyl (C=O) groups excluding carboxylic acids is 1. The van der Waals surface area contributed by atoms with Gasteiger partial charge in [-0.3, -0.25) is 4.79 Å². The Morgan fingerprint density at radius 2 is 1.56 bits per heavy atom. The minimum Gasteiger partial charge on any atom is -0.288 e. The highest BCUT2D eigenvalue weighted by Crippen LogP contribution is 2.18. The van der Waals surface area contributed by atoms with Crippen LogP contribution in [-0.4, -0.2) is 5.78 Å². The zero-order chi connectivity index (χ0) is 13.3. The molecule has 0 bridgehead atoms. The first-order valence-corrected chi connectivity index (χ1v) is 5.25. The Hall–Kier alpha value is -2.10. The van der Waals surface area contributed by atoms with Gasteiger partial charge in [0, 0.05) is 5.56 Å². The molecule has 2 aromatic rings. The van der Waals surface area contributed by atoms with E-state index >= 15 is 0 Å². The lowest BCUT2D eigenvalue weighted by molar-refractivity contribution is 0.103. The van der Waals surface area contributed by atoms with Gasteiger partial charge in [-0.05, 0) is 42.8 Å². The molecule has 92 valence electrons. The summed E-state index contributed by atoms with van der Waals surface area (Å²) in [5, 5.41) is 0. The van der Waals surface area contributed by atoms with Crippen molar-refractivity contribution >= 4 is 5.78 Å². The van der Waals surface area contributed by atoms with Crippen molar-refractivity contribution in [3.63, 3.8) is 0 Å². The number of halogens is 3. The predicted octanol–water partition coefficient (Wildman–Crippen LogP) is 3.64. The normalized spacial score (nSPS) is 10.4. The number of hydrogen-bond acceptors (Lipinski definition) is 1. The molecule has 0 heterocycles. The molecule has 2 rings (SSSR count). The third kappa shape index (κ3) is 2.14. The molecule has 0 aromatic heterocycles. The second-order valence-electron chi connectivity index (χ2n) is 3.89. The second kappa shape index (κ2) is 4.64. The van der Waals surface area contributed by atoms with Gasteiger partial charge >= 0.3 is 0 Å². The Bertz CT molecular complexity index is 600. The molecule has 0 aliphatic carbocycles. The first kappa shape index (κ1) is 12.4. The molecule has 0 spiro atoms. The molecule has 0 unspecified atom stereocenters. The molecule has 0 fully saturated rings. The Balaban J connectivity index is 2.51. The zero-order valence-electron chi connectivity index (χ0n) is 9.51. The van der Waals surface area contributed by atoms with E-state index in [0.29, 0.717) is 0 Å². The van der Waals surface area contributed by atoms with Gasteiger partial charge in [0.2, 0.25) is 0 Å². The molecule has 0 saturated carbocycles. The van der Waals surface area contributed by atoms with Gasteiger partial charge in [0.15, 0.2) is 5.78 Å². The van der Waals surface area contributed by atoms with Crippen LogP contribution in [-0.2, 0) is 0 Å². The number of benzene rings is 2. The molecule has 18 heavy (non-hydrogen) atoms. The summed E-state index contributed by atoms with van der Waals surface area (Å²) in [4.78, 5) is 11.9. The molecule has 4 heteroatoms. The van der Waals surface area contributed by atoms with Crippen LogP contribution >= 0.6 is 0 Å². The standard InChI is InChI=1S/C14H9F3O/c1-8-7-9(5-6-10(8)15)14(18)13-11(16)3-2-4-12(13)17/h2-7H,1H3. The number of rotatable bonds is 2. The Morgan fingerprint density at radius 3 is 2.11 bits per heavy atom. The summed E-state index contributed by atoms with van der Waals surface area (Å²) >= 11 is 0. The summed E-state index contributed by atoms with van der Waals surface area (Å²) in [5.74, 6) is -3.13. The minimum atomic E-state index is -0.929. The van der Waals surface area contributed by atoms with E-state index in [1.807, 2.05) is 0 Å². The zero-order valence-corrected chi connectivity index (χ0v) is 9.51. The molecule has 0 N–H and O–H groups in total. The molecular formula is C14H9F3O. The first-order valence-electron chi connectivity index (χ1n) is 5.25. The van der Waals surface area contributed by atoms with E-state index < -0.39 is 28.8 Å². The van der Waals surface area contributed by atoms with Crippen molar-refractivity contribution in [3.05, 3.63) is 70.5 Å². The van der Waals surface area contributed by atoms with Crippen LogP contribution in [0.2, 0.25) is 0 Å². The fourth-order valence-corrected chi connectivity index (χ4v) is 1.65. The quantitative estimate of drug-likeness (QED) is 0.743. The lowest BCUT2D eigenvalue weighted by Gasteiger charge is -2.05. The molecule has 0 atom stereocenters. The molecular weight excluding hydrogens is 241 g/mol. The highest BCUT2D eigenvalue weighted by molar-refractivity contribution is 6.09. The highest BCUT2D eigenvalue weighted by Gasteiger charge is 2.19. The number of ketones is 1. The van der Waals surface area contributed by atoms with Crippen molar-refractivity contribution in [3.8, 4) is 0 Å². The van der Waals surface area contributed by atoms with Gasteiger partial charge in [0.25, 0.3) is 0 Å². The Labute approximate surface area is 102 Å². The SMILES string of the molecule is Cc1cc(C(=O)c2c(F)cccc2F)ccc1F. The summed E-state index contributed by atoms with van der Waals surface area (Å²) in [7, 11) is 0. The van der Waals surface area contributed by atoms with Gasteiger partial charge in [-0.25, -0.2) is 13.2 Å². The summed E-state index contributed by atoms with van der Waals surface area (Å²) in [5.41, 5.74) is -0.320. The number of hydrogen-bond donors (Lipinski definition) is 0. The van der Waals surface area contributed by atoms with E-state index in [2.05, 4.69) is 0 Å². The lowest BCUT2D eigenvalue weighted by Crippen LogP contribution is -2.08. The van der Waals surface area contributed by atoms with Crippen molar-refractivity contribution in [2.24, 2.45) is 0 Å². The molecule has 0 aliphatic rings. The molecule has 1 nitrogen and oxygen atoms in total. The van der Waals surface area contributed by atoms with Crippen molar-refractivity contribution in [1.82, 2.24) is 0 Å². The minimum absolute atomic E-state index is 0.0536. The van der Waals surface area contributed by atoms with Gasteiger partial charge in [0.1, 0.15) is 17.5 Å². The van der Waals surface area contributed by atoms with Crippen molar-refractivity contribution in [1.29, 1.82) is 0 Å². The van der Waals surface area contributed by atoms with Crippen molar-refractivity contribution in [2.45, 2.75) is 6.92 Å². The third-order valence-corrected chi connectivity index (χ3v) is 2.61. The van der Waals surface area contributed by atoms with E-state index in [4.69, 9.17) is 0 Å². The van der Waals surface area contributed by atoms with Crippen LogP contribution in [0.15, 0.2) is 36.4 Å². The van der Waals surface area contributed by atoms with Crippen LogP contribution in [0.1, 0.15) is 21.5 Å². The fraction of sp³-hybridized carbons (Fsp3) is 0.0714. The van der Waals surface area contributed by atoms with Crippen molar-refractivity contribution < 1.29 is 18.0 Å². The van der Waals surface area contributed by atoms with Gasteiger partial charge in [-0.15, -0.1) is 0 Å². The van der Waals surface area contributed by atoms with Crippen LogP contribution in [0.3, 0.4) is 0 Å². The van der Waals surface area contributed by atoms with Gasteiger partial charge < -0.3 is 0 Å². The van der Waals surface area contributed by atoms with Crippen LogP contribution < -0.4 is 0 Å². The van der Waals surface area contributed by atoms with Gasteiger partial charge in [0.05, 0.1) is 5.56 Å². The molecule has 0 aliphatic heterocycles. The maximum atomic E-state index is 13.4. The molecule has 0 radical (unpaired) electrons. The van der Waals surface area contributed by atoms with Crippen molar-refractivity contribution in [2.75, 3.05) is 0 Å². The van der Waals surface area contributed by atoms with E-state index in [0.717, 1.165) is 18.2 Å². The maximum Gasteiger partial charge on any atom is 0.198 e. The predicted molar refractivity (Wildman–Crippen MR) is 60.9 cm³/mol. The average Bonchev–Trinajstić information content (AvgIpc) is 2.32. The molecule has 0 saturated heterocycles. The molecule has 2 aromatic carbocycles. The average molecular weight is 250 g/mol. The van der Waals surface area contributed by atoms with E-state index in [-0.39, 0.29) is 11.1 Å². The topological polar surface area (TPSA) is 17.1 Å². The van der Waals surface area contributed by atoms with Gasteiger partial charge in [-0.1, -0.05) is 6.07 Å². The largest absolute Gasteiger partial charge is 0.288 e. The highest BCUT2D eigenvalue weighted by atomic mass is 19.1. The lowest BCUT2D eigenvalue weighted by atomic mass is 10.0. The van der Waals surface area contributed by atoms with Crippen LogP contribution in [0.4, 0.5) is 13.2 Å². The Morgan fingerprint density at radius 1 is 0.944 bits per heavy atom. The van der Waals surface area contributed by atoms with Crippen LogP contribution in [0.5, 0.6) is 0 Å². The van der Waals surface area contributed by atoms with E-state index in [1.54, 1.807) is 0 Å². The summed E-state index contributed by atoms with van der Waals surface area (Å²) in [6, 6.07) is 6.76. The fourth-order valence-electron chi connectivity index (χ4n) is 1.65. The maximum absolute atomic E-state index is 13.4. The first-order chi connectivity index (χ1) is 8.50. The Kier molecular flexibility index (Phi) is 3.19. The van der Waals surface area contributed by atoms with E-state index in [1.165, 1.54) is 25.1 Å². The van der Waals surface area contributed by atoms with Gasteiger partial charge in [-0.2, -0.15) is 0 Å². The summed E-state index contributed by atoms with van der Waals surface area (Å²) in [6.45, 7) is 1.48. The van der Waals surface area contributed by atoms with E-state index in [9.17, 15) is 18.0 Å². The van der Waals surface area contributed by atoms with Crippen LogP contribution in [0.25, 0.3) is 0 Å².